The minimum Gasteiger partial charge on any atom is -0.467 e. The molecule has 2 heterocycles. The average molecular weight is 406 g/mol. The quantitative estimate of drug-likeness (QED) is 0.433. The average Bonchev–Trinajstić information content (AvgIpc) is 3.15. The molecule has 0 spiro atoms. The molecular weight excluding hydrogens is 379 g/mol. The number of halogens is 1. The Morgan fingerprint density at radius 1 is 1.38 bits per heavy atom. The Bertz CT molecular complexity index is 402. The number of nitrogens with zero attached hydrogens (tertiary/aromatic N) is 2. The van der Waals surface area contributed by atoms with Gasteiger partial charge in [-0.1, -0.05) is 6.92 Å². The second-order valence-electron chi connectivity index (χ2n) is 5.19. The summed E-state index contributed by atoms with van der Waals surface area (Å²) >= 11 is 0. The largest absolute Gasteiger partial charge is 0.467 e. The maximum Gasteiger partial charge on any atom is 0.191 e. The van der Waals surface area contributed by atoms with Gasteiger partial charge in [-0.05, 0) is 44.5 Å². The van der Waals surface area contributed by atoms with Gasteiger partial charge >= 0.3 is 0 Å². The van der Waals surface area contributed by atoms with E-state index in [0.717, 1.165) is 18.3 Å². The third-order valence-corrected chi connectivity index (χ3v) is 3.87. The van der Waals surface area contributed by atoms with Crippen LogP contribution >= 0.6 is 24.0 Å². The molecule has 6 heteroatoms. The highest BCUT2D eigenvalue weighted by Crippen LogP contribution is 2.13. The molecule has 1 atom stereocenters. The summed E-state index contributed by atoms with van der Waals surface area (Å²) in [6, 6.07) is 4.45. The van der Waals surface area contributed by atoms with E-state index >= 15 is 0 Å². The predicted octanol–water partition coefficient (Wildman–Crippen LogP) is 2.44. The van der Waals surface area contributed by atoms with E-state index in [4.69, 9.17) is 4.42 Å². The molecule has 5 nitrogen and oxygen atoms in total. The SMILES string of the molecule is CCC(CNC(=NC)NCc1ccco1)N1CCCC1.I. The summed E-state index contributed by atoms with van der Waals surface area (Å²) in [5.41, 5.74) is 0. The molecule has 0 aromatic carbocycles. The number of hydrogen-bond donors (Lipinski definition) is 2. The third-order valence-electron chi connectivity index (χ3n) is 3.87. The van der Waals surface area contributed by atoms with E-state index in [-0.39, 0.29) is 24.0 Å². The number of nitrogens with one attached hydrogen (secondary N) is 2. The number of furan rings is 1. The van der Waals surface area contributed by atoms with Crippen molar-refractivity contribution in [3.05, 3.63) is 24.2 Å². The number of likely N-dealkylation sites (tertiary alicyclic amines) is 1. The minimum absolute atomic E-state index is 0. The van der Waals surface area contributed by atoms with Gasteiger partial charge in [0.25, 0.3) is 0 Å². The van der Waals surface area contributed by atoms with Crippen LogP contribution in [0, 0.1) is 0 Å². The molecule has 120 valence electrons. The molecule has 21 heavy (non-hydrogen) atoms. The van der Waals surface area contributed by atoms with Crippen LogP contribution in [0.3, 0.4) is 0 Å². The molecule has 0 aliphatic carbocycles. The fraction of sp³-hybridized carbons (Fsp3) is 0.667. The molecule has 1 aliphatic rings. The van der Waals surface area contributed by atoms with Crippen LogP contribution in [-0.4, -0.2) is 43.6 Å². The van der Waals surface area contributed by atoms with Gasteiger partial charge < -0.3 is 15.1 Å². The van der Waals surface area contributed by atoms with Crippen molar-refractivity contribution in [1.29, 1.82) is 0 Å². The van der Waals surface area contributed by atoms with Crippen molar-refractivity contribution in [2.75, 3.05) is 26.7 Å². The summed E-state index contributed by atoms with van der Waals surface area (Å²) in [5, 5.41) is 6.68. The van der Waals surface area contributed by atoms with Crippen molar-refractivity contribution in [2.45, 2.75) is 38.8 Å². The lowest BCUT2D eigenvalue weighted by atomic mass is 10.2. The molecule has 2 N–H and O–H groups in total. The molecule has 0 saturated carbocycles. The molecule has 1 aromatic rings. The lowest BCUT2D eigenvalue weighted by molar-refractivity contribution is 0.236. The summed E-state index contributed by atoms with van der Waals surface area (Å²) in [5.74, 6) is 1.75. The van der Waals surface area contributed by atoms with Crippen LogP contribution in [0.5, 0.6) is 0 Å². The van der Waals surface area contributed by atoms with Crippen LogP contribution in [0.1, 0.15) is 31.9 Å². The number of aliphatic imine (C=N–C) groups is 1. The Morgan fingerprint density at radius 2 is 2.14 bits per heavy atom. The van der Waals surface area contributed by atoms with Crippen molar-refractivity contribution in [1.82, 2.24) is 15.5 Å². The molecule has 2 rings (SSSR count). The molecule has 0 radical (unpaired) electrons. The Balaban J connectivity index is 0.00000220. The van der Waals surface area contributed by atoms with Crippen LogP contribution in [0.4, 0.5) is 0 Å². The van der Waals surface area contributed by atoms with Gasteiger partial charge in [0.2, 0.25) is 0 Å². The zero-order chi connectivity index (χ0) is 14.2. The molecule has 1 aliphatic heterocycles. The van der Waals surface area contributed by atoms with Crippen molar-refractivity contribution in [2.24, 2.45) is 4.99 Å². The molecular formula is C15H27IN4O. The normalized spacial score (nSPS) is 17.3. The standard InChI is InChI=1S/C15H26N4O.HI/c1-3-13(19-8-4-5-9-19)11-17-15(16-2)18-12-14-7-6-10-20-14;/h6-7,10,13H,3-5,8-9,11-12H2,1-2H3,(H2,16,17,18);1H. The van der Waals surface area contributed by atoms with E-state index in [1.807, 2.05) is 12.1 Å². The predicted molar refractivity (Wildman–Crippen MR) is 97.2 cm³/mol. The Morgan fingerprint density at radius 3 is 2.71 bits per heavy atom. The Labute approximate surface area is 144 Å². The fourth-order valence-electron chi connectivity index (χ4n) is 2.66. The molecule has 0 bridgehead atoms. The van der Waals surface area contributed by atoms with Crippen molar-refractivity contribution >= 4 is 29.9 Å². The maximum absolute atomic E-state index is 5.30. The van der Waals surface area contributed by atoms with E-state index < -0.39 is 0 Å². The van der Waals surface area contributed by atoms with Crippen LogP contribution < -0.4 is 10.6 Å². The van der Waals surface area contributed by atoms with Gasteiger partial charge in [-0.2, -0.15) is 0 Å². The van der Waals surface area contributed by atoms with Gasteiger partial charge in [0.15, 0.2) is 5.96 Å². The monoisotopic (exact) mass is 406 g/mol. The summed E-state index contributed by atoms with van der Waals surface area (Å²) in [6.45, 7) is 6.32. The van der Waals surface area contributed by atoms with E-state index in [2.05, 4.69) is 27.4 Å². The minimum atomic E-state index is 0. The van der Waals surface area contributed by atoms with E-state index in [1.165, 1.54) is 32.4 Å². The van der Waals surface area contributed by atoms with Gasteiger partial charge in [0.05, 0.1) is 12.8 Å². The summed E-state index contributed by atoms with van der Waals surface area (Å²) in [4.78, 5) is 6.83. The van der Waals surface area contributed by atoms with E-state index in [9.17, 15) is 0 Å². The van der Waals surface area contributed by atoms with E-state index in [1.54, 1.807) is 13.3 Å². The highest BCUT2D eigenvalue weighted by molar-refractivity contribution is 14.0. The second-order valence-corrected chi connectivity index (χ2v) is 5.19. The van der Waals surface area contributed by atoms with Gasteiger partial charge in [-0.3, -0.25) is 9.89 Å². The van der Waals surface area contributed by atoms with Crippen LogP contribution in [0.2, 0.25) is 0 Å². The first-order chi connectivity index (χ1) is 9.83. The highest BCUT2D eigenvalue weighted by atomic mass is 127. The number of guanidine groups is 1. The highest BCUT2D eigenvalue weighted by Gasteiger charge is 2.20. The summed E-state index contributed by atoms with van der Waals surface area (Å²) < 4.78 is 5.30. The Hall–Kier alpha value is -0.760. The molecule has 1 aromatic heterocycles. The van der Waals surface area contributed by atoms with Gasteiger partial charge in [-0.25, -0.2) is 0 Å². The molecule has 1 fully saturated rings. The van der Waals surface area contributed by atoms with Gasteiger partial charge in [0, 0.05) is 19.6 Å². The Kier molecular flexibility index (Phi) is 8.75. The van der Waals surface area contributed by atoms with Crippen LogP contribution in [0.15, 0.2) is 27.8 Å². The molecule has 1 saturated heterocycles. The van der Waals surface area contributed by atoms with Crippen LogP contribution in [0.25, 0.3) is 0 Å². The zero-order valence-corrected chi connectivity index (χ0v) is 15.3. The third kappa shape index (κ3) is 5.86. The fourth-order valence-corrected chi connectivity index (χ4v) is 2.66. The lowest BCUT2D eigenvalue weighted by Crippen LogP contribution is -2.46. The summed E-state index contributed by atoms with van der Waals surface area (Å²) in [7, 11) is 1.80. The molecule has 1 unspecified atom stereocenters. The van der Waals surface area contributed by atoms with Gasteiger partial charge in [0.1, 0.15) is 5.76 Å². The van der Waals surface area contributed by atoms with Crippen molar-refractivity contribution < 1.29 is 4.42 Å². The smallest absolute Gasteiger partial charge is 0.191 e. The first kappa shape index (κ1) is 18.3. The zero-order valence-electron chi connectivity index (χ0n) is 13.0. The van der Waals surface area contributed by atoms with Crippen LogP contribution in [-0.2, 0) is 6.54 Å². The maximum atomic E-state index is 5.30. The topological polar surface area (TPSA) is 52.8 Å². The first-order valence-electron chi connectivity index (χ1n) is 7.54. The number of rotatable bonds is 6. The lowest BCUT2D eigenvalue weighted by Gasteiger charge is -2.27. The summed E-state index contributed by atoms with van der Waals surface area (Å²) in [6.07, 6.45) is 5.53. The van der Waals surface area contributed by atoms with E-state index in [0.29, 0.717) is 12.6 Å². The number of hydrogen-bond acceptors (Lipinski definition) is 3. The van der Waals surface area contributed by atoms with Crippen molar-refractivity contribution in [3.63, 3.8) is 0 Å². The first-order valence-corrected chi connectivity index (χ1v) is 7.54. The molecule has 0 amide bonds. The van der Waals surface area contributed by atoms with Crippen molar-refractivity contribution in [3.8, 4) is 0 Å². The van der Waals surface area contributed by atoms with Gasteiger partial charge in [-0.15, -0.1) is 24.0 Å². The second kappa shape index (κ2) is 10.0.